The number of carbonyl (C=O) groups is 1. The van der Waals surface area contributed by atoms with Crippen LogP contribution >= 0.6 is 27.3 Å². The van der Waals surface area contributed by atoms with Crippen molar-refractivity contribution in [3.8, 4) is 0 Å². The van der Waals surface area contributed by atoms with Crippen molar-refractivity contribution in [3.63, 3.8) is 0 Å². The van der Waals surface area contributed by atoms with Crippen LogP contribution in [-0.4, -0.2) is 29.1 Å². The maximum absolute atomic E-state index is 10.7. The van der Waals surface area contributed by atoms with E-state index in [1.807, 2.05) is 17.8 Å². The summed E-state index contributed by atoms with van der Waals surface area (Å²) in [6, 6.07) is -0.457. The van der Waals surface area contributed by atoms with Gasteiger partial charge in [-0.05, 0) is 40.8 Å². The zero-order valence-corrected chi connectivity index (χ0v) is 10.4. The second kappa shape index (κ2) is 4.91. The van der Waals surface area contributed by atoms with E-state index in [1.54, 1.807) is 23.2 Å². The summed E-state index contributed by atoms with van der Waals surface area (Å²) in [7, 11) is 1.81. The standard InChI is InChI=1S/C9H12BrNO2S/c1-6(9(12)13)11(2)3-7-4-14-5-8(7)10/h4-6H,3H2,1-2H3,(H,12,13). The molecule has 0 aliphatic carbocycles. The van der Waals surface area contributed by atoms with Crippen LogP contribution in [0.2, 0.25) is 0 Å². The molecule has 1 unspecified atom stereocenters. The van der Waals surface area contributed by atoms with Gasteiger partial charge >= 0.3 is 5.97 Å². The van der Waals surface area contributed by atoms with Gasteiger partial charge < -0.3 is 5.11 Å². The van der Waals surface area contributed by atoms with Crippen LogP contribution in [0.15, 0.2) is 15.2 Å². The molecule has 1 heterocycles. The number of hydrogen-bond acceptors (Lipinski definition) is 3. The number of likely N-dealkylation sites (N-methyl/N-ethyl adjacent to an activating group) is 1. The van der Waals surface area contributed by atoms with Crippen LogP contribution in [0.1, 0.15) is 12.5 Å². The van der Waals surface area contributed by atoms with Crippen molar-refractivity contribution >= 4 is 33.2 Å². The lowest BCUT2D eigenvalue weighted by Crippen LogP contribution is -2.35. The van der Waals surface area contributed by atoms with Crippen molar-refractivity contribution in [2.45, 2.75) is 19.5 Å². The molecule has 3 nitrogen and oxygen atoms in total. The molecule has 5 heteroatoms. The summed E-state index contributed by atoms with van der Waals surface area (Å²) in [5.41, 5.74) is 1.13. The Bertz CT molecular complexity index is 326. The average molecular weight is 278 g/mol. The maximum Gasteiger partial charge on any atom is 0.320 e. The van der Waals surface area contributed by atoms with E-state index in [-0.39, 0.29) is 0 Å². The van der Waals surface area contributed by atoms with Crippen LogP contribution in [-0.2, 0) is 11.3 Å². The number of thiophene rings is 1. The van der Waals surface area contributed by atoms with Gasteiger partial charge in [-0.3, -0.25) is 9.69 Å². The lowest BCUT2D eigenvalue weighted by atomic mass is 10.2. The number of carboxylic acid groups (broad SMARTS) is 1. The summed E-state index contributed by atoms with van der Waals surface area (Å²) in [5.74, 6) is -0.793. The van der Waals surface area contributed by atoms with Crippen molar-refractivity contribution in [3.05, 3.63) is 20.8 Å². The lowest BCUT2D eigenvalue weighted by molar-refractivity contribution is -0.142. The first-order chi connectivity index (χ1) is 6.52. The Morgan fingerprint density at radius 2 is 2.36 bits per heavy atom. The molecule has 0 saturated carbocycles. The Labute approximate surface area is 95.5 Å². The Morgan fingerprint density at radius 3 is 2.79 bits per heavy atom. The van der Waals surface area contributed by atoms with E-state index in [1.165, 1.54) is 0 Å². The van der Waals surface area contributed by atoms with Crippen molar-refractivity contribution in [2.75, 3.05) is 7.05 Å². The van der Waals surface area contributed by atoms with E-state index in [0.717, 1.165) is 10.0 Å². The zero-order chi connectivity index (χ0) is 10.7. The molecule has 0 aliphatic heterocycles. The first-order valence-electron chi connectivity index (χ1n) is 4.16. The van der Waals surface area contributed by atoms with Gasteiger partial charge in [0.15, 0.2) is 0 Å². The molecule has 0 amide bonds. The van der Waals surface area contributed by atoms with Crippen LogP contribution in [0.5, 0.6) is 0 Å². The second-order valence-electron chi connectivity index (χ2n) is 3.17. The molecule has 1 rings (SSSR count). The molecule has 1 aromatic heterocycles. The Balaban J connectivity index is 2.61. The van der Waals surface area contributed by atoms with E-state index in [0.29, 0.717) is 6.54 Å². The monoisotopic (exact) mass is 277 g/mol. The van der Waals surface area contributed by atoms with Crippen molar-refractivity contribution in [1.29, 1.82) is 0 Å². The Hall–Kier alpha value is -0.390. The highest BCUT2D eigenvalue weighted by Gasteiger charge is 2.17. The molecule has 1 atom stereocenters. The molecule has 0 aliphatic rings. The van der Waals surface area contributed by atoms with Gasteiger partial charge in [0.1, 0.15) is 6.04 Å². The van der Waals surface area contributed by atoms with Gasteiger partial charge in [0.05, 0.1) is 0 Å². The van der Waals surface area contributed by atoms with Gasteiger partial charge in [0.25, 0.3) is 0 Å². The normalized spacial score (nSPS) is 13.1. The third-order valence-corrected chi connectivity index (χ3v) is 3.96. The number of rotatable bonds is 4. The first-order valence-corrected chi connectivity index (χ1v) is 5.89. The highest BCUT2D eigenvalue weighted by Crippen LogP contribution is 2.22. The van der Waals surface area contributed by atoms with Gasteiger partial charge in [0, 0.05) is 16.4 Å². The molecule has 0 bridgehead atoms. The third-order valence-electron chi connectivity index (χ3n) is 2.13. The molecular formula is C9H12BrNO2S. The van der Waals surface area contributed by atoms with Crippen molar-refractivity contribution in [1.82, 2.24) is 4.90 Å². The SMILES string of the molecule is CC(C(=O)O)N(C)Cc1cscc1Br. The number of aliphatic carboxylic acids is 1. The van der Waals surface area contributed by atoms with E-state index < -0.39 is 12.0 Å². The smallest absolute Gasteiger partial charge is 0.320 e. The van der Waals surface area contributed by atoms with E-state index >= 15 is 0 Å². The summed E-state index contributed by atoms with van der Waals surface area (Å²) < 4.78 is 1.05. The molecule has 1 N–H and O–H groups in total. The molecular weight excluding hydrogens is 266 g/mol. The van der Waals surface area contributed by atoms with Gasteiger partial charge in [-0.1, -0.05) is 0 Å². The molecule has 0 fully saturated rings. The molecule has 0 spiro atoms. The van der Waals surface area contributed by atoms with Gasteiger partial charge in [-0.2, -0.15) is 11.3 Å². The number of halogens is 1. The number of nitrogens with zero attached hydrogens (tertiary/aromatic N) is 1. The second-order valence-corrected chi connectivity index (χ2v) is 4.77. The predicted molar refractivity (Wildman–Crippen MR) is 60.6 cm³/mol. The summed E-state index contributed by atoms with van der Waals surface area (Å²) >= 11 is 5.02. The minimum Gasteiger partial charge on any atom is -0.480 e. The largest absolute Gasteiger partial charge is 0.480 e. The third kappa shape index (κ3) is 2.80. The van der Waals surface area contributed by atoms with E-state index in [9.17, 15) is 4.79 Å². The fraction of sp³-hybridized carbons (Fsp3) is 0.444. The maximum atomic E-state index is 10.7. The summed E-state index contributed by atoms with van der Waals surface area (Å²) in [4.78, 5) is 12.5. The highest BCUT2D eigenvalue weighted by atomic mass is 79.9. The Kier molecular flexibility index (Phi) is 4.10. The molecule has 78 valence electrons. The molecule has 0 radical (unpaired) electrons. The quantitative estimate of drug-likeness (QED) is 0.919. The molecule has 14 heavy (non-hydrogen) atoms. The van der Waals surface area contributed by atoms with Crippen LogP contribution in [0, 0.1) is 0 Å². The summed E-state index contributed by atoms with van der Waals surface area (Å²) in [6.07, 6.45) is 0. The fourth-order valence-electron chi connectivity index (χ4n) is 1.01. The number of carboxylic acids is 1. The van der Waals surface area contributed by atoms with Crippen LogP contribution < -0.4 is 0 Å². The minimum atomic E-state index is -0.793. The van der Waals surface area contributed by atoms with Crippen LogP contribution in [0.25, 0.3) is 0 Å². The van der Waals surface area contributed by atoms with Crippen molar-refractivity contribution < 1.29 is 9.90 Å². The van der Waals surface area contributed by atoms with E-state index in [2.05, 4.69) is 15.9 Å². The van der Waals surface area contributed by atoms with Crippen LogP contribution in [0.4, 0.5) is 0 Å². The summed E-state index contributed by atoms with van der Waals surface area (Å²) in [6.45, 7) is 2.33. The van der Waals surface area contributed by atoms with Gasteiger partial charge in [-0.25, -0.2) is 0 Å². The van der Waals surface area contributed by atoms with Crippen molar-refractivity contribution in [2.24, 2.45) is 0 Å². The zero-order valence-electron chi connectivity index (χ0n) is 8.03. The Morgan fingerprint density at radius 1 is 1.71 bits per heavy atom. The number of hydrogen-bond donors (Lipinski definition) is 1. The molecule has 1 aromatic rings. The predicted octanol–water partition coefficient (Wildman–Crippen LogP) is 2.42. The fourth-order valence-corrected chi connectivity index (χ4v) is 2.43. The van der Waals surface area contributed by atoms with Gasteiger partial charge in [-0.15, -0.1) is 0 Å². The highest BCUT2D eigenvalue weighted by molar-refractivity contribution is 9.10. The van der Waals surface area contributed by atoms with E-state index in [4.69, 9.17) is 5.11 Å². The minimum absolute atomic E-state index is 0.457. The van der Waals surface area contributed by atoms with Crippen LogP contribution in [0.3, 0.4) is 0 Å². The molecule has 0 saturated heterocycles. The lowest BCUT2D eigenvalue weighted by Gasteiger charge is -2.20. The first kappa shape index (κ1) is 11.7. The topological polar surface area (TPSA) is 40.5 Å². The average Bonchev–Trinajstić information content (AvgIpc) is 2.50. The molecule has 0 aromatic carbocycles. The summed E-state index contributed by atoms with van der Waals surface area (Å²) in [5, 5.41) is 12.8. The van der Waals surface area contributed by atoms with Gasteiger partial charge in [0.2, 0.25) is 0 Å².